The first-order valence-electron chi connectivity index (χ1n) is 10.8. The Kier molecular flexibility index (Phi) is 7.02. The number of aryl methyl sites for hydroxylation is 1. The van der Waals surface area contributed by atoms with E-state index in [1.807, 2.05) is 30.5 Å². The molecule has 0 radical (unpaired) electrons. The number of aromatic nitrogens is 1. The molecular weight excluding hydrogens is 468 g/mol. The molecule has 0 aliphatic rings. The molecule has 9 nitrogen and oxygen atoms in total. The van der Waals surface area contributed by atoms with Crippen molar-refractivity contribution in [2.24, 2.45) is 0 Å². The molecule has 4 aromatic rings. The molecule has 4 N–H and O–H groups in total. The molecule has 0 aliphatic carbocycles. The standard InChI is InChI=1S/C25H24N4O5S/c1-34-20-12-10-19(11-13-20)29-35(32,33)21-6-4-5-17(15-21)25(31)28-27-24(30)14-9-18-16-26-23-8-3-2-7-22(18)23/h2-8,10-13,15-16,26,29H,9,14H2,1H3,(H,27,30)(H,28,31). The molecule has 0 atom stereocenters. The van der Waals surface area contributed by atoms with Gasteiger partial charge in [0, 0.05) is 34.8 Å². The van der Waals surface area contributed by atoms with Gasteiger partial charge in [0.1, 0.15) is 5.75 Å². The van der Waals surface area contributed by atoms with E-state index in [1.54, 1.807) is 24.3 Å². The van der Waals surface area contributed by atoms with Gasteiger partial charge < -0.3 is 9.72 Å². The zero-order valence-electron chi connectivity index (χ0n) is 18.9. The van der Waals surface area contributed by atoms with Crippen molar-refractivity contribution in [1.82, 2.24) is 15.8 Å². The van der Waals surface area contributed by atoms with E-state index in [4.69, 9.17) is 4.74 Å². The van der Waals surface area contributed by atoms with Crippen LogP contribution in [0.25, 0.3) is 10.9 Å². The molecule has 3 aromatic carbocycles. The van der Waals surface area contributed by atoms with Gasteiger partial charge in [0.2, 0.25) is 5.91 Å². The number of methoxy groups -OCH3 is 1. The van der Waals surface area contributed by atoms with Crippen LogP contribution in [-0.2, 0) is 21.2 Å². The van der Waals surface area contributed by atoms with Crippen LogP contribution in [0, 0.1) is 0 Å². The van der Waals surface area contributed by atoms with Crippen LogP contribution in [0.1, 0.15) is 22.3 Å². The summed E-state index contributed by atoms with van der Waals surface area (Å²) in [6.45, 7) is 0. The molecule has 35 heavy (non-hydrogen) atoms. The van der Waals surface area contributed by atoms with Crippen LogP contribution in [0.3, 0.4) is 0 Å². The van der Waals surface area contributed by atoms with Crippen molar-refractivity contribution in [2.75, 3.05) is 11.8 Å². The number of benzene rings is 3. The van der Waals surface area contributed by atoms with Crippen LogP contribution in [-0.4, -0.2) is 32.3 Å². The maximum Gasteiger partial charge on any atom is 0.269 e. The first-order chi connectivity index (χ1) is 16.9. The highest BCUT2D eigenvalue weighted by Crippen LogP contribution is 2.20. The van der Waals surface area contributed by atoms with Crippen molar-refractivity contribution in [1.29, 1.82) is 0 Å². The number of nitrogens with one attached hydrogen (secondary N) is 4. The quantitative estimate of drug-likeness (QED) is 0.280. The minimum atomic E-state index is -3.93. The minimum Gasteiger partial charge on any atom is -0.497 e. The summed E-state index contributed by atoms with van der Waals surface area (Å²) in [7, 11) is -2.42. The summed E-state index contributed by atoms with van der Waals surface area (Å²) in [5.41, 5.74) is 7.14. The Morgan fingerprint density at radius 1 is 0.943 bits per heavy atom. The summed E-state index contributed by atoms with van der Waals surface area (Å²) >= 11 is 0. The average molecular weight is 493 g/mol. The summed E-state index contributed by atoms with van der Waals surface area (Å²) in [6.07, 6.45) is 2.53. The van der Waals surface area contributed by atoms with Crippen molar-refractivity contribution in [2.45, 2.75) is 17.7 Å². The summed E-state index contributed by atoms with van der Waals surface area (Å²) in [4.78, 5) is 27.8. The highest BCUT2D eigenvalue weighted by molar-refractivity contribution is 7.92. The second-order valence-corrected chi connectivity index (χ2v) is 9.41. The second-order valence-electron chi connectivity index (χ2n) is 7.72. The van der Waals surface area contributed by atoms with Gasteiger partial charge in [0.15, 0.2) is 0 Å². The number of sulfonamides is 1. The number of aromatic amines is 1. The molecule has 0 fully saturated rings. The van der Waals surface area contributed by atoms with Gasteiger partial charge in [-0.25, -0.2) is 8.42 Å². The fourth-order valence-corrected chi connectivity index (χ4v) is 4.63. The molecule has 2 amide bonds. The topological polar surface area (TPSA) is 129 Å². The van der Waals surface area contributed by atoms with Gasteiger partial charge in [0.25, 0.3) is 15.9 Å². The normalized spacial score (nSPS) is 11.1. The summed E-state index contributed by atoms with van der Waals surface area (Å²) < 4.78 is 33.0. The average Bonchev–Trinajstić information content (AvgIpc) is 3.29. The predicted octanol–water partition coefficient (Wildman–Crippen LogP) is 3.37. The molecule has 0 spiro atoms. The predicted molar refractivity (Wildman–Crippen MR) is 132 cm³/mol. The van der Waals surface area contributed by atoms with E-state index in [0.717, 1.165) is 16.5 Å². The Hall–Kier alpha value is -4.31. The van der Waals surface area contributed by atoms with Gasteiger partial charge in [-0.2, -0.15) is 0 Å². The van der Waals surface area contributed by atoms with Gasteiger partial charge in [-0.15, -0.1) is 0 Å². The lowest BCUT2D eigenvalue weighted by Crippen LogP contribution is -2.41. The molecule has 0 bridgehead atoms. The Morgan fingerprint density at radius 3 is 2.49 bits per heavy atom. The van der Waals surface area contributed by atoms with Crippen molar-refractivity contribution in [3.8, 4) is 5.75 Å². The molecule has 1 aromatic heterocycles. The number of rotatable bonds is 8. The van der Waals surface area contributed by atoms with Crippen LogP contribution >= 0.6 is 0 Å². The largest absolute Gasteiger partial charge is 0.497 e. The van der Waals surface area contributed by atoms with Gasteiger partial charge in [-0.05, 0) is 60.5 Å². The summed E-state index contributed by atoms with van der Waals surface area (Å²) in [6, 6.07) is 19.7. The molecule has 0 saturated heterocycles. The zero-order valence-corrected chi connectivity index (χ0v) is 19.7. The molecule has 10 heteroatoms. The first-order valence-corrected chi connectivity index (χ1v) is 12.2. The van der Waals surface area contributed by atoms with Crippen LogP contribution in [0.4, 0.5) is 5.69 Å². The third-order valence-electron chi connectivity index (χ3n) is 5.36. The number of hydrogen-bond donors (Lipinski definition) is 4. The number of hydrogen-bond acceptors (Lipinski definition) is 5. The lowest BCUT2D eigenvalue weighted by molar-refractivity contribution is -0.121. The van der Waals surface area contributed by atoms with Crippen molar-refractivity contribution < 1.29 is 22.7 Å². The number of fused-ring (bicyclic) bond motifs is 1. The third-order valence-corrected chi connectivity index (χ3v) is 6.74. The molecule has 0 aliphatic heterocycles. The fraction of sp³-hybridized carbons (Fsp3) is 0.120. The van der Waals surface area contributed by atoms with E-state index >= 15 is 0 Å². The van der Waals surface area contributed by atoms with E-state index in [-0.39, 0.29) is 22.8 Å². The number of ether oxygens (including phenoxy) is 1. The lowest BCUT2D eigenvalue weighted by atomic mass is 10.1. The molecule has 1 heterocycles. The Bertz CT molecular complexity index is 1460. The molecule has 180 valence electrons. The van der Waals surface area contributed by atoms with Gasteiger partial charge in [0.05, 0.1) is 12.0 Å². The number of carbonyl (C=O) groups excluding carboxylic acids is 2. The van der Waals surface area contributed by atoms with Crippen molar-refractivity contribution in [3.63, 3.8) is 0 Å². The minimum absolute atomic E-state index is 0.0829. The number of H-pyrrole nitrogens is 1. The molecular formula is C25H24N4O5S. The number of hydrazine groups is 1. The van der Waals surface area contributed by atoms with E-state index in [2.05, 4.69) is 20.6 Å². The summed E-state index contributed by atoms with van der Waals surface area (Å²) in [5, 5.41) is 1.05. The van der Waals surface area contributed by atoms with Crippen molar-refractivity contribution in [3.05, 3.63) is 90.1 Å². The maximum atomic E-state index is 12.7. The van der Waals surface area contributed by atoms with Gasteiger partial charge in [-0.1, -0.05) is 24.3 Å². The summed E-state index contributed by atoms with van der Waals surface area (Å²) in [5.74, 6) is -0.407. The maximum absolute atomic E-state index is 12.7. The fourth-order valence-electron chi connectivity index (χ4n) is 3.53. The zero-order chi connectivity index (χ0) is 24.8. The van der Waals surface area contributed by atoms with Crippen LogP contribution < -0.4 is 20.3 Å². The van der Waals surface area contributed by atoms with E-state index in [1.165, 1.54) is 31.4 Å². The Balaban J connectivity index is 1.34. The smallest absolute Gasteiger partial charge is 0.269 e. The SMILES string of the molecule is COc1ccc(NS(=O)(=O)c2cccc(C(=O)NNC(=O)CCc3c[nH]c4ccccc34)c2)cc1. The monoisotopic (exact) mass is 492 g/mol. The van der Waals surface area contributed by atoms with Crippen LogP contribution in [0.15, 0.2) is 83.9 Å². The molecule has 4 rings (SSSR count). The second kappa shape index (κ2) is 10.3. The van der Waals surface area contributed by atoms with E-state index in [0.29, 0.717) is 17.9 Å². The third kappa shape index (κ3) is 5.79. The molecule has 0 saturated carbocycles. The Labute approximate surface area is 202 Å². The van der Waals surface area contributed by atoms with E-state index in [9.17, 15) is 18.0 Å². The Morgan fingerprint density at radius 2 is 1.71 bits per heavy atom. The highest BCUT2D eigenvalue weighted by Gasteiger charge is 2.17. The number of para-hydroxylation sites is 1. The number of anilines is 1. The van der Waals surface area contributed by atoms with Gasteiger partial charge in [-0.3, -0.25) is 25.2 Å². The van der Waals surface area contributed by atoms with Crippen LogP contribution in [0.2, 0.25) is 0 Å². The molecule has 0 unspecified atom stereocenters. The lowest BCUT2D eigenvalue weighted by Gasteiger charge is -2.11. The van der Waals surface area contributed by atoms with Gasteiger partial charge >= 0.3 is 0 Å². The first kappa shape index (κ1) is 23.8. The number of carbonyl (C=O) groups is 2. The van der Waals surface area contributed by atoms with E-state index < -0.39 is 15.9 Å². The van der Waals surface area contributed by atoms with Crippen LogP contribution in [0.5, 0.6) is 5.75 Å². The van der Waals surface area contributed by atoms with Crippen molar-refractivity contribution >= 4 is 38.4 Å². The number of amides is 2. The highest BCUT2D eigenvalue weighted by atomic mass is 32.2.